The second-order valence-corrected chi connectivity index (χ2v) is 5.21. The molecule has 3 nitrogen and oxygen atoms in total. The van der Waals surface area contributed by atoms with Crippen LogP contribution in [-0.4, -0.2) is 25.0 Å². The third-order valence-corrected chi connectivity index (χ3v) is 4.19. The van der Waals surface area contributed by atoms with Gasteiger partial charge >= 0.3 is 0 Å². The standard InChI is InChI=1S/C15H20N2O/c1-2-12-13-5-3-4-6-14(13)17(15(12)18)11-7-9-16-10-8-11/h3-6,11-12,16H,2,7-10H2,1H3. The van der Waals surface area contributed by atoms with Gasteiger partial charge in [-0.2, -0.15) is 0 Å². The van der Waals surface area contributed by atoms with Gasteiger partial charge in [0.15, 0.2) is 0 Å². The van der Waals surface area contributed by atoms with Gasteiger partial charge in [-0.15, -0.1) is 0 Å². The monoisotopic (exact) mass is 244 g/mol. The van der Waals surface area contributed by atoms with E-state index in [0.717, 1.165) is 38.0 Å². The number of benzene rings is 1. The fourth-order valence-electron chi connectivity index (χ4n) is 3.26. The minimum Gasteiger partial charge on any atom is -0.317 e. The Morgan fingerprint density at radius 1 is 1.28 bits per heavy atom. The SMILES string of the molecule is CCC1C(=O)N(C2CCNCC2)c2ccccc21. The Balaban J connectivity index is 1.97. The zero-order valence-electron chi connectivity index (χ0n) is 10.9. The van der Waals surface area contributed by atoms with Crippen molar-refractivity contribution in [3.05, 3.63) is 29.8 Å². The summed E-state index contributed by atoms with van der Waals surface area (Å²) >= 11 is 0. The maximum atomic E-state index is 12.6. The van der Waals surface area contributed by atoms with Crippen molar-refractivity contribution in [2.24, 2.45) is 0 Å². The average molecular weight is 244 g/mol. The molecule has 96 valence electrons. The summed E-state index contributed by atoms with van der Waals surface area (Å²) < 4.78 is 0. The van der Waals surface area contributed by atoms with Crippen LogP contribution in [0.4, 0.5) is 5.69 Å². The highest BCUT2D eigenvalue weighted by Crippen LogP contribution is 2.41. The summed E-state index contributed by atoms with van der Waals surface area (Å²) in [6.45, 7) is 4.14. The lowest BCUT2D eigenvalue weighted by atomic mass is 9.98. The van der Waals surface area contributed by atoms with Gasteiger partial charge in [0.2, 0.25) is 5.91 Å². The Kier molecular flexibility index (Phi) is 3.08. The van der Waals surface area contributed by atoms with E-state index in [-0.39, 0.29) is 5.92 Å². The molecule has 1 unspecified atom stereocenters. The van der Waals surface area contributed by atoms with Crippen LogP contribution in [0.1, 0.15) is 37.7 Å². The molecule has 1 saturated heterocycles. The van der Waals surface area contributed by atoms with Gasteiger partial charge in [0.1, 0.15) is 0 Å². The molecule has 1 amide bonds. The quantitative estimate of drug-likeness (QED) is 0.865. The van der Waals surface area contributed by atoms with Crippen LogP contribution in [0.3, 0.4) is 0 Å². The molecule has 3 rings (SSSR count). The number of nitrogens with zero attached hydrogens (tertiary/aromatic N) is 1. The molecule has 0 saturated carbocycles. The van der Waals surface area contributed by atoms with E-state index >= 15 is 0 Å². The minimum absolute atomic E-state index is 0.0797. The van der Waals surface area contributed by atoms with E-state index in [2.05, 4.69) is 29.3 Å². The van der Waals surface area contributed by atoms with Gasteiger partial charge in [-0.3, -0.25) is 4.79 Å². The number of hydrogen-bond donors (Lipinski definition) is 1. The Labute approximate surface area is 108 Å². The van der Waals surface area contributed by atoms with E-state index in [1.165, 1.54) is 5.56 Å². The van der Waals surface area contributed by atoms with Gasteiger partial charge in [0.05, 0.1) is 5.92 Å². The zero-order chi connectivity index (χ0) is 12.5. The molecule has 18 heavy (non-hydrogen) atoms. The summed E-state index contributed by atoms with van der Waals surface area (Å²) in [5.41, 5.74) is 2.38. The van der Waals surface area contributed by atoms with Gasteiger partial charge in [-0.1, -0.05) is 25.1 Å². The van der Waals surface area contributed by atoms with E-state index in [1.807, 2.05) is 12.1 Å². The molecule has 3 heteroatoms. The maximum absolute atomic E-state index is 12.6. The third kappa shape index (κ3) is 1.74. The van der Waals surface area contributed by atoms with Crippen molar-refractivity contribution < 1.29 is 4.79 Å². The van der Waals surface area contributed by atoms with Crippen molar-refractivity contribution in [2.45, 2.75) is 38.1 Å². The van der Waals surface area contributed by atoms with Crippen molar-refractivity contribution in [2.75, 3.05) is 18.0 Å². The number of anilines is 1. The summed E-state index contributed by atoms with van der Waals surface area (Å²) in [7, 11) is 0. The first-order valence-corrected chi connectivity index (χ1v) is 6.95. The summed E-state index contributed by atoms with van der Waals surface area (Å²) in [6.07, 6.45) is 3.03. The largest absolute Gasteiger partial charge is 0.317 e. The second-order valence-electron chi connectivity index (χ2n) is 5.21. The van der Waals surface area contributed by atoms with E-state index in [0.29, 0.717) is 11.9 Å². The van der Waals surface area contributed by atoms with Crippen molar-refractivity contribution in [1.29, 1.82) is 0 Å². The first-order chi connectivity index (χ1) is 8.83. The Bertz CT molecular complexity index is 452. The number of para-hydroxylation sites is 1. The summed E-state index contributed by atoms with van der Waals surface area (Å²) in [4.78, 5) is 14.7. The molecule has 1 N–H and O–H groups in total. The number of carbonyl (C=O) groups excluding carboxylic acids is 1. The smallest absolute Gasteiger partial charge is 0.234 e. The van der Waals surface area contributed by atoms with E-state index < -0.39 is 0 Å². The van der Waals surface area contributed by atoms with Gasteiger partial charge < -0.3 is 10.2 Å². The van der Waals surface area contributed by atoms with Crippen LogP contribution in [0.5, 0.6) is 0 Å². The molecule has 1 atom stereocenters. The van der Waals surface area contributed by atoms with Crippen LogP contribution < -0.4 is 10.2 Å². The van der Waals surface area contributed by atoms with Crippen LogP contribution in [0.15, 0.2) is 24.3 Å². The molecule has 0 bridgehead atoms. The van der Waals surface area contributed by atoms with Gasteiger partial charge in [0.25, 0.3) is 0 Å². The lowest BCUT2D eigenvalue weighted by Crippen LogP contribution is -2.45. The van der Waals surface area contributed by atoms with Gasteiger partial charge in [-0.05, 0) is 44.0 Å². The van der Waals surface area contributed by atoms with Crippen LogP contribution in [0.2, 0.25) is 0 Å². The number of carbonyl (C=O) groups is 1. The fourth-order valence-corrected chi connectivity index (χ4v) is 3.26. The Morgan fingerprint density at radius 3 is 2.72 bits per heavy atom. The third-order valence-electron chi connectivity index (χ3n) is 4.19. The van der Waals surface area contributed by atoms with Crippen molar-refractivity contribution in [1.82, 2.24) is 5.32 Å². The number of nitrogens with one attached hydrogen (secondary N) is 1. The number of fused-ring (bicyclic) bond motifs is 1. The summed E-state index contributed by atoms with van der Waals surface area (Å²) in [5, 5.41) is 3.36. The summed E-state index contributed by atoms with van der Waals surface area (Å²) in [6, 6.07) is 8.68. The zero-order valence-corrected chi connectivity index (χ0v) is 10.9. The number of rotatable bonds is 2. The predicted octanol–water partition coefficient (Wildman–Crippen LogP) is 2.28. The Morgan fingerprint density at radius 2 is 2.00 bits per heavy atom. The summed E-state index contributed by atoms with van der Waals surface area (Å²) in [5.74, 6) is 0.390. The molecule has 0 aliphatic carbocycles. The highest BCUT2D eigenvalue weighted by atomic mass is 16.2. The van der Waals surface area contributed by atoms with Crippen molar-refractivity contribution in [3.63, 3.8) is 0 Å². The van der Waals surface area contributed by atoms with Gasteiger partial charge in [-0.25, -0.2) is 0 Å². The van der Waals surface area contributed by atoms with Crippen LogP contribution in [0, 0.1) is 0 Å². The molecule has 2 aliphatic rings. The predicted molar refractivity (Wildman–Crippen MR) is 72.9 cm³/mol. The molecule has 1 fully saturated rings. The first-order valence-electron chi connectivity index (χ1n) is 6.95. The van der Waals surface area contributed by atoms with E-state index in [4.69, 9.17) is 0 Å². The minimum atomic E-state index is 0.0797. The first kappa shape index (κ1) is 11.7. The van der Waals surface area contributed by atoms with Crippen LogP contribution in [-0.2, 0) is 4.79 Å². The highest BCUT2D eigenvalue weighted by molar-refractivity contribution is 6.05. The molecule has 2 heterocycles. The fraction of sp³-hybridized carbons (Fsp3) is 0.533. The normalized spacial score (nSPS) is 24.4. The van der Waals surface area contributed by atoms with Crippen molar-refractivity contribution >= 4 is 11.6 Å². The molecule has 1 aromatic carbocycles. The van der Waals surface area contributed by atoms with Crippen LogP contribution >= 0.6 is 0 Å². The highest BCUT2D eigenvalue weighted by Gasteiger charge is 2.39. The lowest BCUT2D eigenvalue weighted by Gasteiger charge is -2.32. The maximum Gasteiger partial charge on any atom is 0.234 e. The second kappa shape index (κ2) is 4.73. The molecule has 2 aliphatic heterocycles. The van der Waals surface area contributed by atoms with Gasteiger partial charge in [0, 0.05) is 11.7 Å². The molecular formula is C15H20N2O. The molecule has 1 aromatic rings. The number of amides is 1. The lowest BCUT2D eigenvalue weighted by molar-refractivity contribution is -0.119. The topological polar surface area (TPSA) is 32.3 Å². The van der Waals surface area contributed by atoms with Crippen LogP contribution in [0.25, 0.3) is 0 Å². The average Bonchev–Trinajstić information content (AvgIpc) is 2.71. The van der Waals surface area contributed by atoms with E-state index in [9.17, 15) is 4.79 Å². The Hall–Kier alpha value is -1.35. The molecule has 0 aromatic heterocycles. The molecule has 0 spiro atoms. The van der Waals surface area contributed by atoms with E-state index in [1.54, 1.807) is 0 Å². The number of hydrogen-bond acceptors (Lipinski definition) is 2. The van der Waals surface area contributed by atoms with Crippen molar-refractivity contribution in [3.8, 4) is 0 Å². The molecular weight excluding hydrogens is 224 g/mol. The number of piperidine rings is 1. The molecule has 0 radical (unpaired) electrons.